The van der Waals surface area contributed by atoms with Crippen LogP contribution in [0.4, 0.5) is 0 Å². The summed E-state index contributed by atoms with van der Waals surface area (Å²) in [5, 5.41) is 3.48. The number of pyridine rings is 1. The van der Waals surface area contributed by atoms with Crippen molar-refractivity contribution in [2.24, 2.45) is 0 Å². The molecule has 1 aromatic heterocycles. The van der Waals surface area contributed by atoms with Gasteiger partial charge in [0, 0.05) is 24.8 Å². The van der Waals surface area contributed by atoms with Crippen LogP contribution in [0.25, 0.3) is 0 Å². The Morgan fingerprint density at radius 2 is 2.17 bits per heavy atom. The van der Waals surface area contributed by atoms with Gasteiger partial charge in [0.1, 0.15) is 0 Å². The molecule has 3 nitrogen and oxygen atoms in total. The predicted molar refractivity (Wildman–Crippen MR) is 77.0 cm³/mol. The maximum Gasteiger partial charge on any atom is 0.250 e. The number of aromatic nitrogens is 1. The number of nitrogens with zero attached hydrogens (tertiary/aromatic N) is 1. The Morgan fingerprint density at radius 1 is 1.39 bits per heavy atom. The highest BCUT2D eigenvalue weighted by Gasteiger charge is 2.01. The van der Waals surface area contributed by atoms with Gasteiger partial charge in [-0.25, -0.2) is 0 Å². The zero-order valence-electron chi connectivity index (χ0n) is 11.9. The van der Waals surface area contributed by atoms with Gasteiger partial charge < -0.3 is 9.88 Å². The van der Waals surface area contributed by atoms with Crippen molar-refractivity contribution < 1.29 is 0 Å². The van der Waals surface area contributed by atoms with Crippen molar-refractivity contribution in [3.05, 3.63) is 34.2 Å². The average Bonchev–Trinajstić information content (AvgIpc) is 2.34. The lowest BCUT2D eigenvalue weighted by Crippen LogP contribution is -2.26. The van der Waals surface area contributed by atoms with Crippen LogP contribution in [0.15, 0.2) is 23.1 Å². The molecule has 0 radical (unpaired) electrons. The summed E-state index contributed by atoms with van der Waals surface area (Å²) >= 11 is 0. The third-order valence-corrected chi connectivity index (χ3v) is 3.18. The van der Waals surface area contributed by atoms with Crippen LogP contribution in [0.2, 0.25) is 0 Å². The Kier molecular flexibility index (Phi) is 6.73. The Hall–Kier alpha value is -1.09. The van der Waals surface area contributed by atoms with E-state index in [0.29, 0.717) is 6.04 Å². The Balaban J connectivity index is 2.23. The molecule has 0 aliphatic rings. The molecule has 0 saturated carbocycles. The van der Waals surface area contributed by atoms with Gasteiger partial charge in [-0.05, 0) is 51.3 Å². The molecule has 3 heteroatoms. The second-order valence-corrected chi connectivity index (χ2v) is 5.09. The van der Waals surface area contributed by atoms with E-state index in [0.717, 1.165) is 31.5 Å². The highest BCUT2D eigenvalue weighted by atomic mass is 16.1. The van der Waals surface area contributed by atoms with Crippen molar-refractivity contribution in [1.29, 1.82) is 0 Å². The van der Waals surface area contributed by atoms with E-state index in [2.05, 4.69) is 19.2 Å². The third kappa shape index (κ3) is 5.50. The number of hydrogen-bond acceptors (Lipinski definition) is 2. The fraction of sp³-hybridized carbons (Fsp3) is 0.667. The zero-order chi connectivity index (χ0) is 13.4. The van der Waals surface area contributed by atoms with E-state index in [4.69, 9.17) is 0 Å². The van der Waals surface area contributed by atoms with Gasteiger partial charge in [-0.2, -0.15) is 0 Å². The number of unbranched alkanes of at least 4 members (excludes halogenated alkanes) is 1. The molecule has 0 amide bonds. The quantitative estimate of drug-likeness (QED) is 0.720. The molecule has 0 aliphatic heterocycles. The molecule has 0 aromatic carbocycles. The minimum absolute atomic E-state index is 0.118. The first kappa shape index (κ1) is 15.0. The van der Waals surface area contributed by atoms with Crippen molar-refractivity contribution in [3.63, 3.8) is 0 Å². The van der Waals surface area contributed by atoms with Crippen molar-refractivity contribution in [2.45, 2.75) is 59.0 Å². The van der Waals surface area contributed by atoms with E-state index in [-0.39, 0.29) is 5.56 Å². The molecule has 0 saturated heterocycles. The van der Waals surface area contributed by atoms with Crippen LogP contribution in [0.1, 0.15) is 45.1 Å². The molecular formula is C15H26N2O. The van der Waals surface area contributed by atoms with Crippen LogP contribution < -0.4 is 10.9 Å². The molecule has 0 aliphatic carbocycles. The van der Waals surface area contributed by atoms with Crippen molar-refractivity contribution in [1.82, 2.24) is 9.88 Å². The average molecular weight is 250 g/mol. The molecule has 18 heavy (non-hydrogen) atoms. The van der Waals surface area contributed by atoms with Crippen LogP contribution in [0, 0.1) is 6.92 Å². The predicted octanol–water partition coefficient (Wildman–Crippen LogP) is 2.72. The molecule has 0 fully saturated rings. The van der Waals surface area contributed by atoms with Gasteiger partial charge in [0.15, 0.2) is 0 Å². The molecule has 1 rings (SSSR count). The number of nitrogens with one attached hydrogen (secondary N) is 1. The normalized spacial score (nSPS) is 12.6. The molecule has 1 N–H and O–H groups in total. The largest absolute Gasteiger partial charge is 0.316 e. The van der Waals surface area contributed by atoms with Crippen molar-refractivity contribution in [3.8, 4) is 0 Å². The number of aryl methyl sites for hydroxylation is 2. The van der Waals surface area contributed by atoms with Crippen LogP contribution in [0.3, 0.4) is 0 Å². The fourth-order valence-corrected chi connectivity index (χ4v) is 2.02. The first-order valence-electron chi connectivity index (χ1n) is 7.04. The minimum Gasteiger partial charge on any atom is -0.316 e. The monoisotopic (exact) mass is 250 g/mol. The van der Waals surface area contributed by atoms with Gasteiger partial charge in [-0.1, -0.05) is 13.3 Å². The molecule has 1 heterocycles. The summed E-state index contributed by atoms with van der Waals surface area (Å²) in [5.74, 6) is 0. The summed E-state index contributed by atoms with van der Waals surface area (Å²) in [5.41, 5.74) is 1.15. The van der Waals surface area contributed by atoms with E-state index in [1.165, 1.54) is 12.8 Å². The summed E-state index contributed by atoms with van der Waals surface area (Å²) in [6.45, 7) is 8.29. The van der Waals surface area contributed by atoms with Crippen molar-refractivity contribution >= 4 is 0 Å². The van der Waals surface area contributed by atoms with E-state index in [1.54, 1.807) is 10.6 Å². The van der Waals surface area contributed by atoms with Crippen molar-refractivity contribution in [2.75, 3.05) is 6.54 Å². The Morgan fingerprint density at radius 3 is 2.83 bits per heavy atom. The maximum atomic E-state index is 11.7. The molecule has 0 spiro atoms. The first-order valence-corrected chi connectivity index (χ1v) is 7.04. The van der Waals surface area contributed by atoms with Crippen LogP contribution >= 0.6 is 0 Å². The SMILES string of the molecule is CCCNC(C)CCCCn1ccc(C)cc1=O. The highest BCUT2D eigenvalue weighted by Crippen LogP contribution is 2.02. The summed E-state index contributed by atoms with van der Waals surface area (Å²) in [6, 6.07) is 4.28. The standard InChI is InChI=1S/C15H26N2O/c1-4-9-16-14(3)7-5-6-10-17-11-8-13(2)12-15(17)18/h8,11-12,14,16H,4-7,9-10H2,1-3H3. The van der Waals surface area contributed by atoms with Gasteiger partial charge in [0.2, 0.25) is 0 Å². The molecule has 0 bridgehead atoms. The van der Waals surface area contributed by atoms with E-state index in [1.807, 2.05) is 19.2 Å². The second-order valence-electron chi connectivity index (χ2n) is 5.09. The molecule has 1 unspecified atom stereocenters. The van der Waals surface area contributed by atoms with Crippen LogP contribution in [-0.4, -0.2) is 17.2 Å². The number of rotatable bonds is 8. The summed E-state index contributed by atoms with van der Waals surface area (Å²) in [6.07, 6.45) is 6.50. The van der Waals surface area contributed by atoms with Crippen LogP contribution in [0.5, 0.6) is 0 Å². The molecule has 102 valence electrons. The second kappa shape index (κ2) is 8.09. The third-order valence-electron chi connectivity index (χ3n) is 3.18. The van der Waals surface area contributed by atoms with Crippen LogP contribution in [-0.2, 0) is 6.54 Å². The lowest BCUT2D eigenvalue weighted by Gasteiger charge is -2.13. The van der Waals surface area contributed by atoms with Gasteiger partial charge in [0.25, 0.3) is 5.56 Å². The van der Waals surface area contributed by atoms with E-state index in [9.17, 15) is 4.79 Å². The Labute approximate surface area is 110 Å². The summed E-state index contributed by atoms with van der Waals surface area (Å²) < 4.78 is 1.80. The van der Waals surface area contributed by atoms with Gasteiger partial charge in [-0.3, -0.25) is 4.79 Å². The highest BCUT2D eigenvalue weighted by molar-refractivity contribution is 5.07. The minimum atomic E-state index is 0.118. The number of hydrogen-bond donors (Lipinski definition) is 1. The molecule has 1 atom stereocenters. The molecular weight excluding hydrogens is 224 g/mol. The van der Waals surface area contributed by atoms with Gasteiger partial charge in [0.05, 0.1) is 0 Å². The Bertz CT molecular complexity index is 398. The smallest absolute Gasteiger partial charge is 0.250 e. The maximum absolute atomic E-state index is 11.7. The van der Waals surface area contributed by atoms with Gasteiger partial charge >= 0.3 is 0 Å². The lowest BCUT2D eigenvalue weighted by molar-refractivity contribution is 0.473. The first-order chi connectivity index (χ1) is 8.63. The fourth-order valence-electron chi connectivity index (χ4n) is 2.02. The summed E-state index contributed by atoms with van der Waals surface area (Å²) in [7, 11) is 0. The van der Waals surface area contributed by atoms with Gasteiger partial charge in [-0.15, -0.1) is 0 Å². The van der Waals surface area contributed by atoms with E-state index < -0.39 is 0 Å². The zero-order valence-corrected chi connectivity index (χ0v) is 11.9. The van der Waals surface area contributed by atoms with E-state index >= 15 is 0 Å². The lowest BCUT2D eigenvalue weighted by atomic mass is 10.1. The molecule has 1 aromatic rings. The topological polar surface area (TPSA) is 34.0 Å². The summed E-state index contributed by atoms with van der Waals surface area (Å²) in [4.78, 5) is 11.7.